The number of halogens is 1. The van der Waals surface area contributed by atoms with Crippen molar-refractivity contribution in [3.8, 4) is 5.75 Å². The second kappa shape index (κ2) is 8.36. The Morgan fingerprint density at radius 2 is 1.96 bits per heavy atom. The average Bonchev–Trinajstić information content (AvgIpc) is 2.62. The zero-order chi connectivity index (χ0) is 18.5. The summed E-state index contributed by atoms with van der Waals surface area (Å²) in [4.78, 5) is 21.3. The fourth-order valence-corrected chi connectivity index (χ4v) is 3.35. The van der Waals surface area contributed by atoms with E-state index >= 15 is 0 Å². The van der Waals surface area contributed by atoms with Crippen LogP contribution in [0.15, 0.2) is 24.3 Å². The molecule has 0 spiro atoms. The summed E-state index contributed by atoms with van der Waals surface area (Å²) in [5, 5.41) is 6.76. The van der Waals surface area contributed by atoms with Gasteiger partial charge in [0.25, 0.3) is 5.91 Å². The summed E-state index contributed by atoms with van der Waals surface area (Å²) in [6, 6.07) is 7.15. The van der Waals surface area contributed by atoms with Crippen LogP contribution in [0.4, 0.5) is 11.5 Å². The normalized spacial score (nSPS) is 14.7. The molecule has 1 aliphatic rings. The van der Waals surface area contributed by atoms with Crippen molar-refractivity contribution in [2.75, 3.05) is 17.7 Å². The lowest BCUT2D eigenvalue weighted by atomic mass is 9.95. The molecule has 6 nitrogen and oxygen atoms in total. The number of hydrogen-bond acceptors (Lipinski definition) is 5. The average molecular weight is 375 g/mol. The molecule has 2 aromatic rings. The van der Waals surface area contributed by atoms with Crippen LogP contribution in [0.5, 0.6) is 5.75 Å². The van der Waals surface area contributed by atoms with Crippen LogP contribution in [-0.2, 0) is 0 Å². The van der Waals surface area contributed by atoms with Crippen molar-refractivity contribution < 1.29 is 9.53 Å². The zero-order valence-electron chi connectivity index (χ0n) is 15.0. The smallest absolute Gasteiger partial charge is 0.274 e. The van der Waals surface area contributed by atoms with Gasteiger partial charge < -0.3 is 15.4 Å². The highest BCUT2D eigenvalue weighted by Gasteiger charge is 2.17. The highest BCUT2D eigenvalue weighted by molar-refractivity contribution is 6.31. The van der Waals surface area contributed by atoms with E-state index in [2.05, 4.69) is 20.6 Å². The number of hydrogen-bond donors (Lipinski definition) is 2. The molecule has 3 rings (SSSR count). The molecule has 26 heavy (non-hydrogen) atoms. The molecule has 0 radical (unpaired) electrons. The predicted molar refractivity (Wildman–Crippen MR) is 103 cm³/mol. The van der Waals surface area contributed by atoms with Gasteiger partial charge >= 0.3 is 0 Å². The summed E-state index contributed by atoms with van der Waals surface area (Å²) >= 11 is 6.02. The van der Waals surface area contributed by atoms with E-state index in [0.717, 1.165) is 12.8 Å². The first kappa shape index (κ1) is 18.5. The van der Waals surface area contributed by atoms with Gasteiger partial charge in [0, 0.05) is 17.1 Å². The first-order valence-electron chi connectivity index (χ1n) is 8.82. The predicted octanol–water partition coefficient (Wildman–Crippen LogP) is 4.44. The Morgan fingerprint density at radius 3 is 2.69 bits per heavy atom. The molecule has 0 unspecified atom stereocenters. The number of aromatic nitrogens is 2. The van der Waals surface area contributed by atoms with Crippen molar-refractivity contribution in [2.24, 2.45) is 0 Å². The van der Waals surface area contributed by atoms with E-state index in [4.69, 9.17) is 16.3 Å². The lowest BCUT2D eigenvalue weighted by Crippen LogP contribution is -2.24. The third kappa shape index (κ3) is 4.64. The van der Waals surface area contributed by atoms with Gasteiger partial charge in [0.15, 0.2) is 0 Å². The molecule has 1 aromatic heterocycles. The third-order valence-electron chi connectivity index (χ3n) is 4.44. The number of benzene rings is 1. The number of ether oxygens (including phenoxy) is 1. The van der Waals surface area contributed by atoms with Crippen LogP contribution in [0.2, 0.25) is 5.02 Å². The number of anilines is 2. The van der Waals surface area contributed by atoms with E-state index < -0.39 is 0 Å². The minimum atomic E-state index is -0.331. The summed E-state index contributed by atoms with van der Waals surface area (Å²) < 4.78 is 5.27. The summed E-state index contributed by atoms with van der Waals surface area (Å²) in [6.45, 7) is 1.78. The van der Waals surface area contributed by atoms with E-state index in [0.29, 0.717) is 39.8 Å². The highest BCUT2D eigenvalue weighted by atomic mass is 35.5. The summed E-state index contributed by atoms with van der Waals surface area (Å²) in [5.74, 6) is 1.44. The fraction of sp³-hybridized carbons (Fsp3) is 0.421. The monoisotopic (exact) mass is 374 g/mol. The molecule has 0 bridgehead atoms. The Morgan fingerprint density at radius 1 is 1.19 bits per heavy atom. The summed E-state index contributed by atoms with van der Waals surface area (Å²) in [5.41, 5.74) is 0.806. The SMILES string of the molecule is COc1ccc(Cl)cc1NC(=O)c1cc(NC2CCCCC2)nc(C)n1. The molecule has 1 fully saturated rings. The first-order valence-corrected chi connectivity index (χ1v) is 9.20. The Hall–Kier alpha value is -2.34. The fourth-order valence-electron chi connectivity index (χ4n) is 3.18. The van der Waals surface area contributed by atoms with Gasteiger partial charge in [0.2, 0.25) is 0 Å². The topological polar surface area (TPSA) is 76.1 Å². The maximum Gasteiger partial charge on any atom is 0.274 e. The Labute approximate surface area is 158 Å². The van der Waals surface area contributed by atoms with Crippen LogP contribution >= 0.6 is 11.6 Å². The van der Waals surface area contributed by atoms with Gasteiger partial charge in [-0.1, -0.05) is 30.9 Å². The van der Waals surface area contributed by atoms with Crippen molar-refractivity contribution >= 4 is 29.0 Å². The van der Waals surface area contributed by atoms with Crippen molar-refractivity contribution in [3.05, 3.63) is 40.8 Å². The second-order valence-corrected chi connectivity index (χ2v) is 6.90. The molecule has 1 saturated carbocycles. The van der Waals surface area contributed by atoms with Crippen LogP contribution in [0.25, 0.3) is 0 Å². The van der Waals surface area contributed by atoms with Crippen LogP contribution in [0, 0.1) is 6.92 Å². The van der Waals surface area contributed by atoms with Crippen LogP contribution < -0.4 is 15.4 Å². The Kier molecular flexibility index (Phi) is 5.93. The van der Waals surface area contributed by atoms with Crippen LogP contribution in [0.3, 0.4) is 0 Å². The standard InChI is InChI=1S/C19H23ClN4O2/c1-12-21-16(11-18(22-12)23-14-6-4-3-5-7-14)19(25)24-15-10-13(20)8-9-17(15)26-2/h8-11,14H,3-7H2,1-2H3,(H,24,25)(H,21,22,23). The van der Waals surface area contributed by atoms with Gasteiger partial charge in [0.05, 0.1) is 12.8 Å². The summed E-state index contributed by atoms with van der Waals surface area (Å²) in [6.07, 6.45) is 6.00. The Balaban J connectivity index is 1.77. The van der Waals surface area contributed by atoms with Gasteiger partial charge in [-0.25, -0.2) is 9.97 Å². The van der Waals surface area contributed by atoms with Crippen molar-refractivity contribution in [1.29, 1.82) is 0 Å². The van der Waals surface area contributed by atoms with Gasteiger partial charge in [-0.2, -0.15) is 0 Å². The molecule has 1 aliphatic carbocycles. The van der Waals surface area contributed by atoms with E-state index in [9.17, 15) is 4.79 Å². The van der Waals surface area contributed by atoms with E-state index in [-0.39, 0.29) is 5.91 Å². The van der Waals surface area contributed by atoms with Gasteiger partial charge in [-0.3, -0.25) is 4.79 Å². The van der Waals surface area contributed by atoms with Crippen LogP contribution in [-0.4, -0.2) is 29.0 Å². The molecule has 0 atom stereocenters. The van der Waals surface area contributed by atoms with Crippen molar-refractivity contribution in [1.82, 2.24) is 9.97 Å². The first-order chi connectivity index (χ1) is 12.5. The van der Waals surface area contributed by atoms with E-state index in [1.807, 2.05) is 0 Å². The maximum atomic E-state index is 12.7. The van der Waals surface area contributed by atoms with Gasteiger partial charge in [0.1, 0.15) is 23.1 Å². The quantitative estimate of drug-likeness (QED) is 0.808. The molecule has 1 amide bonds. The third-order valence-corrected chi connectivity index (χ3v) is 4.67. The van der Waals surface area contributed by atoms with Gasteiger partial charge in [-0.05, 0) is 38.0 Å². The summed E-state index contributed by atoms with van der Waals surface area (Å²) in [7, 11) is 1.54. The molecule has 1 heterocycles. The lowest BCUT2D eigenvalue weighted by molar-refractivity contribution is 0.102. The number of aryl methyl sites for hydroxylation is 1. The van der Waals surface area contributed by atoms with Crippen molar-refractivity contribution in [2.45, 2.75) is 45.1 Å². The molecule has 2 N–H and O–H groups in total. The Bertz CT molecular complexity index is 791. The zero-order valence-corrected chi connectivity index (χ0v) is 15.8. The molecule has 138 valence electrons. The molecule has 7 heteroatoms. The molecule has 1 aromatic carbocycles. The van der Waals surface area contributed by atoms with E-state index in [1.165, 1.54) is 19.3 Å². The molecular formula is C19H23ClN4O2. The molecule has 0 aliphatic heterocycles. The number of rotatable bonds is 5. The minimum absolute atomic E-state index is 0.304. The number of nitrogens with one attached hydrogen (secondary N) is 2. The number of carbonyl (C=O) groups excluding carboxylic acids is 1. The second-order valence-electron chi connectivity index (χ2n) is 6.46. The van der Waals surface area contributed by atoms with Gasteiger partial charge in [-0.15, -0.1) is 0 Å². The number of amides is 1. The largest absolute Gasteiger partial charge is 0.495 e. The molecule has 0 saturated heterocycles. The lowest BCUT2D eigenvalue weighted by Gasteiger charge is -2.23. The van der Waals surface area contributed by atoms with Crippen LogP contribution in [0.1, 0.15) is 48.4 Å². The maximum absolute atomic E-state index is 12.7. The highest BCUT2D eigenvalue weighted by Crippen LogP contribution is 2.28. The molecular weight excluding hydrogens is 352 g/mol. The van der Waals surface area contributed by atoms with E-state index in [1.54, 1.807) is 38.3 Å². The van der Waals surface area contributed by atoms with Crippen molar-refractivity contribution in [3.63, 3.8) is 0 Å². The number of methoxy groups -OCH3 is 1. The number of carbonyl (C=O) groups is 1. The number of nitrogens with zero attached hydrogens (tertiary/aromatic N) is 2. The minimum Gasteiger partial charge on any atom is -0.495 e.